The Morgan fingerprint density at radius 3 is 2.60 bits per heavy atom. The average Bonchev–Trinajstić information content (AvgIpc) is 2.50. The number of benzene rings is 1. The fourth-order valence-corrected chi connectivity index (χ4v) is 2.98. The molecule has 0 amide bonds. The molecule has 1 fully saturated rings. The molecule has 1 aliphatic carbocycles. The van der Waals surface area contributed by atoms with E-state index in [1.807, 2.05) is 12.1 Å². The van der Waals surface area contributed by atoms with Crippen LogP contribution in [0.25, 0.3) is 0 Å². The van der Waals surface area contributed by atoms with Gasteiger partial charge in [0.2, 0.25) is 0 Å². The molecule has 0 spiro atoms. The molecule has 1 aromatic carbocycles. The van der Waals surface area contributed by atoms with E-state index in [1.165, 1.54) is 24.1 Å². The summed E-state index contributed by atoms with van der Waals surface area (Å²) in [5, 5.41) is 0.329. The standard InChI is InChI=1S/C13H16ClF/c1-13(7-6-11(14)9-13)8-10-2-4-12(15)5-3-10/h2-5,11H,6-9H2,1H3. The van der Waals surface area contributed by atoms with Gasteiger partial charge in [-0.3, -0.25) is 0 Å². The molecule has 2 unspecified atom stereocenters. The van der Waals surface area contributed by atoms with E-state index < -0.39 is 0 Å². The molecule has 1 saturated carbocycles. The van der Waals surface area contributed by atoms with Gasteiger partial charge in [0, 0.05) is 5.38 Å². The van der Waals surface area contributed by atoms with Crippen molar-refractivity contribution in [2.75, 3.05) is 0 Å². The highest BCUT2D eigenvalue weighted by molar-refractivity contribution is 6.20. The maximum atomic E-state index is 12.7. The number of hydrogen-bond donors (Lipinski definition) is 0. The molecule has 0 radical (unpaired) electrons. The lowest BCUT2D eigenvalue weighted by Gasteiger charge is -2.23. The molecule has 0 aromatic heterocycles. The quantitative estimate of drug-likeness (QED) is 0.664. The predicted molar refractivity (Wildman–Crippen MR) is 61.7 cm³/mol. The number of hydrogen-bond acceptors (Lipinski definition) is 0. The molecule has 0 saturated heterocycles. The Balaban J connectivity index is 2.05. The van der Waals surface area contributed by atoms with Gasteiger partial charge >= 0.3 is 0 Å². The van der Waals surface area contributed by atoms with E-state index in [-0.39, 0.29) is 5.82 Å². The first-order valence-corrected chi connectivity index (χ1v) is 5.90. The summed E-state index contributed by atoms with van der Waals surface area (Å²) in [7, 11) is 0. The molecule has 2 atom stereocenters. The van der Waals surface area contributed by atoms with E-state index in [2.05, 4.69) is 6.92 Å². The van der Waals surface area contributed by atoms with Crippen LogP contribution in [0, 0.1) is 11.2 Å². The van der Waals surface area contributed by atoms with Gasteiger partial charge in [0.25, 0.3) is 0 Å². The number of halogens is 2. The first kappa shape index (κ1) is 10.9. The number of rotatable bonds is 2. The first-order valence-electron chi connectivity index (χ1n) is 5.46. The third kappa shape index (κ3) is 2.72. The Kier molecular flexibility index (Phi) is 3.01. The summed E-state index contributed by atoms with van der Waals surface area (Å²) in [6.07, 6.45) is 4.38. The van der Waals surface area contributed by atoms with Crippen molar-refractivity contribution in [1.82, 2.24) is 0 Å². The third-order valence-electron chi connectivity index (χ3n) is 3.32. The van der Waals surface area contributed by atoms with E-state index in [9.17, 15) is 4.39 Å². The molecule has 0 N–H and O–H groups in total. The van der Waals surface area contributed by atoms with Crippen LogP contribution in [0.5, 0.6) is 0 Å². The summed E-state index contributed by atoms with van der Waals surface area (Å²) in [6.45, 7) is 2.28. The molecule has 15 heavy (non-hydrogen) atoms. The fourth-order valence-electron chi connectivity index (χ4n) is 2.50. The molecule has 0 heterocycles. The number of alkyl halides is 1. The zero-order valence-corrected chi connectivity index (χ0v) is 9.73. The zero-order valence-electron chi connectivity index (χ0n) is 8.97. The van der Waals surface area contributed by atoms with E-state index in [4.69, 9.17) is 11.6 Å². The minimum Gasteiger partial charge on any atom is -0.207 e. The topological polar surface area (TPSA) is 0 Å². The summed E-state index contributed by atoms with van der Waals surface area (Å²) in [5.41, 5.74) is 1.52. The summed E-state index contributed by atoms with van der Waals surface area (Å²) < 4.78 is 12.7. The van der Waals surface area contributed by atoms with Gasteiger partial charge in [-0.15, -0.1) is 11.6 Å². The lowest BCUT2D eigenvalue weighted by Crippen LogP contribution is -2.15. The lowest BCUT2D eigenvalue weighted by atomic mass is 9.82. The predicted octanol–water partition coefficient (Wildman–Crippen LogP) is 4.17. The van der Waals surface area contributed by atoms with Gasteiger partial charge in [-0.05, 0) is 48.8 Å². The van der Waals surface area contributed by atoms with Crippen LogP contribution >= 0.6 is 11.6 Å². The highest BCUT2D eigenvalue weighted by atomic mass is 35.5. The van der Waals surface area contributed by atoms with Gasteiger partial charge in [-0.1, -0.05) is 19.1 Å². The molecule has 0 bridgehead atoms. The van der Waals surface area contributed by atoms with Gasteiger partial charge in [0.15, 0.2) is 0 Å². The average molecular weight is 227 g/mol. The van der Waals surface area contributed by atoms with Gasteiger partial charge < -0.3 is 0 Å². The maximum absolute atomic E-state index is 12.7. The second kappa shape index (κ2) is 4.13. The van der Waals surface area contributed by atoms with E-state index in [1.54, 1.807) is 0 Å². The van der Waals surface area contributed by atoms with Gasteiger partial charge in [0.05, 0.1) is 0 Å². The van der Waals surface area contributed by atoms with Crippen LogP contribution in [-0.2, 0) is 6.42 Å². The van der Waals surface area contributed by atoms with Crippen LogP contribution < -0.4 is 0 Å². The Morgan fingerprint density at radius 1 is 1.40 bits per heavy atom. The molecular weight excluding hydrogens is 211 g/mol. The molecule has 0 nitrogen and oxygen atoms in total. The molecule has 1 aliphatic rings. The van der Waals surface area contributed by atoms with Crippen LogP contribution in [0.3, 0.4) is 0 Å². The Morgan fingerprint density at radius 2 is 2.07 bits per heavy atom. The van der Waals surface area contributed by atoms with Crippen molar-refractivity contribution >= 4 is 11.6 Å². The van der Waals surface area contributed by atoms with Gasteiger partial charge in [-0.2, -0.15) is 0 Å². The summed E-state index contributed by atoms with van der Waals surface area (Å²) >= 11 is 6.13. The molecule has 2 rings (SSSR count). The third-order valence-corrected chi connectivity index (χ3v) is 3.69. The van der Waals surface area contributed by atoms with Crippen LogP contribution in [-0.4, -0.2) is 5.38 Å². The van der Waals surface area contributed by atoms with Crippen molar-refractivity contribution in [3.05, 3.63) is 35.6 Å². The Labute approximate surface area is 95.4 Å². The van der Waals surface area contributed by atoms with Gasteiger partial charge in [-0.25, -0.2) is 4.39 Å². The summed E-state index contributed by atoms with van der Waals surface area (Å²) in [6, 6.07) is 6.82. The van der Waals surface area contributed by atoms with Crippen LogP contribution in [0.15, 0.2) is 24.3 Å². The minimum atomic E-state index is -0.162. The Bertz CT molecular complexity index is 333. The van der Waals surface area contributed by atoms with Crippen molar-refractivity contribution in [1.29, 1.82) is 0 Å². The summed E-state index contributed by atoms with van der Waals surface area (Å²) in [4.78, 5) is 0. The molecule has 1 aromatic rings. The first-order chi connectivity index (χ1) is 7.07. The Hall–Kier alpha value is -0.560. The minimum absolute atomic E-state index is 0.162. The van der Waals surface area contributed by atoms with E-state index in [0.29, 0.717) is 10.8 Å². The zero-order chi connectivity index (χ0) is 10.9. The van der Waals surface area contributed by atoms with Crippen LogP contribution in [0.1, 0.15) is 31.7 Å². The normalized spacial score (nSPS) is 30.7. The maximum Gasteiger partial charge on any atom is 0.123 e. The molecular formula is C13H16ClF. The van der Waals surface area contributed by atoms with Crippen LogP contribution in [0.4, 0.5) is 4.39 Å². The highest BCUT2D eigenvalue weighted by Gasteiger charge is 2.33. The summed E-state index contributed by atoms with van der Waals surface area (Å²) in [5.74, 6) is -0.162. The van der Waals surface area contributed by atoms with Gasteiger partial charge in [0.1, 0.15) is 5.82 Å². The second-order valence-corrected chi connectivity index (χ2v) is 5.57. The van der Waals surface area contributed by atoms with Crippen molar-refractivity contribution < 1.29 is 4.39 Å². The van der Waals surface area contributed by atoms with E-state index in [0.717, 1.165) is 19.3 Å². The highest BCUT2D eigenvalue weighted by Crippen LogP contribution is 2.42. The smallest absolute Gasteiger partial charge is 0.123 e. The lowest BCUT2D eigenvalue weighted by molar-refractivity contribution is 0.335. The van der Waals surface area contributed by atoms with Crippen molar-refractivity contribution in [2.45, 2.75) is 38.0 Å². The second-order valence-electron chi connectivity index (χ2n) is 4.95. The van der Waals surface area contributed by atoms with E-state index >= 15 is 0 Å². The van der Waals surface area contributed by atoms with Crippen molar-refractivity contribution in [3.8, 4) is 0 Å². The van der Waals surface area contributed by atoms with Crippen molar-refractivity contribution in [2.24, 2.45) is 5.41 Å². The molecule has 0 aliphatic heterocycles. The SMILES string of the molecule is CC1(Cc2ccc(F)cc2)CCC(Cl)C1. The van der Waals surface area contributed by atoms with Crippen molar-refractivity contribution in [3.63, 3.8) is 0 Å². The molecule has 82 valence electrons. The van der Waals surface area contributed by atoms with Crippen LogP contribution in [0.2, 0.25) is 0 Å². The largest absolute Gasteiger partial charge is 0.207 e. The molecule has 2 heteroatoms. The monoisotopic (exact) mass is 226 g/mol. The fraction of sp³-hybridized carbons (Fsp3) is 0.538.